The fourth-order valence-electron chi connectivity index (χ4n) is 2.39. The molecule has 0 aromatic heterocycles. The highest BCUT2D eigenvalue weighted by Crippen LogP contribution is 2.47. The summed E-state index contributed by atoms with van der Waals surface area (Å²) < 4.78 is 13.2. The van der Waals surface area contributed by atoms with E-state index in [1.165, 1.54) is 12.1 Å². The Balaban J connectivity index is 1.69. The van der Waals surface area contributed by atoms with Crippen molar-refractivity contribution in [3.63, 3.8) is 0 Å². The lowest BCUT2D eigenvalue weighted by molar-refractivity contribution is -0.131. The van der Waals surface area contributed by atoms with Gasteiger partial charge in [-0.3, -0.25) is 9.59 Å². The zero-order chi connectivity index (χ0) is 18.0. The largest absolute Gasteiger partial charge is 0.325 e. The van der Waals surface area contributed by atoms with Gasteiger partial charge in [-0.15, -0.1) is 0 Å². The summed E-state index contributed by atoms with van der Waals surface area (Å²) >= 11 is 5.69. The second-order valence-electron chi connectivity index (χ2n) is 5.81. The number of rotatable bonds is 4. The molecule has 7 heteroatoms. The first-order valence-electron chi connectivity index (χ1n) is 7.53. The van der Waals surface area contributed by atoms with E-state index in [1.54, 1.807) is 24.3 Å². The first-order valence-corrected chi connectivity index (χ1v) is 7.90. The van der Waals surface area contributed by atoms with Crippen LogP contribution in [0.25, 0.3) is 0 Å². The van der Waals surface area contributed by atoms with Gasteiger partial charge in [-0.05, 0) is 55.3 Å². The molecule has 0 heterocycles. The Bertz CT molecular complexity index is 886. The average molecular weight is 358 g/mol. The van der Waals surface area contributed by atoms with E-state index in [0.29, 0.717) is 29.8 Å². The minimum Gasteiger partial charge on any atom is -0.325 e. The number of anilines is 2. The van der Waals surface area contributed by atoms with Gasteiger partial charge in [-0.1, -0.05) is 11.6 Å². The number of halogens is 2. The molecule has 1 aliphatic rings. The van der Waals surface area contributed by atoms with Crippen LogP contribution in [0.3, 0.4) is 0 Å². The van der Waals surface area contributed by atoms with E-state index in [-0.39, 0.29) is 5.02 Å². The number of nitrogens with zero attached hydrogens (tertiary/aromatic N) is 1. The van der Waals surface area contributed by atoms with E-state index in [1.807, 2.05) is 6.07 Å². The molecule has 0 radical (unpaired) electrons. The van der Waals surface area contributed by atoms with Crippen LogP contribution in [0.1, 0.15) is 18.4 Å². The molecule has 0 saturated heterocycles. The van der Waals surface area contributed by atoms with Crippen LogP contribution in [0, 0.1) is 22.6 Å². The van der Waals surface area contributed by atoms with Crippen LogP contribution in [0.2, 0.25) is 5.02 Å². The molecular weight excluding hydrogens is 345 g/mol. The van der Waals surface area contributed by atoms with E-state index < -0.39 is 23.0 Å². The van der Waals surface area contributed by atoms with Gasteiger partial charge < -0.3 is 10.6 Å². The molecule has 2 amide bonds. The second kappa shape index (κ2) is 6.54. The maximum Gasteiger partial charge on any atom is 0.240 e. The third-order valence-electron chi connectivity index (χ3n) is 4.07. The molecule has 0 bridgehead atoms. The van der Waals surface area contributed by atoms with Gasteiger partial charge in [0.25, 0.3) is 0 Å². The first-order chi connectivity index (χ1) is 11.9. The molecule has 3 rings (SSSR count). The number of hydrogen-bond acceptors (Lipinski definition) is 3. The summed E-state index contributed by atoms with van der Waals surface area (Å²) in [5.74, 6) is -1.46. The van der Waals surface area contributed by atoms with E-state index in [4.69, 9.17) is 16.9 Å². The molecule has 1 saturated carbocycles. The summed E-state index contributed by atoms with van der Waals surface area (Å²) in [4.78, 5) is 25.0. The number of hydrogen-bond donors (Lipinski definition) is 2. The average Bonchev–Trinajstić information content (AvgIpc) is 3.41. The molecule has 1 fully saturated rings. The fraction of sp³-hybridized carbons (Fsp3) is 0.167. The van der Waals surface area contributed by atoms with Gasteiger partial charge in [0.2, 0.25) is 11.8 Å². The van der Waals surface area contributed by atoms with Crippen LogP contribution in [0.15, 0.2) is 42.5 Å². The molecule has 126 valence electrons. The fourth-order valence-corrected chi connectivity index (χ4v) is 2.57. The first kappa shape index (κ1) is 16.9. The van der Waals surface area contributed by atoms with Gasteiger partial charge in [0.1, 0.15) is 11.2 Å². The minimum atomic E-state index is -1.14. The second-order valence-corrected chi connectivity index (χ2v) is 6.22. The Morgan fingerprint density at radius 1 is 1.04 bits per heavy atom. The highest BCUT2D eigenvalue weighted by Gasteiger charge is 2.56. The van der Waals surface area contributed by atoms with E-state index >= 15 is 0 Å². The molecule has 2 aromatic rings. The molecule has 0 atom stereocenters. The van der Waals surface area contributed by atoms with Crippen molar-refractivity contribution in [2.45, 2.75) is 12.8 Å². The quantitative estimate of drug-likeness (QED) is 0.818. The Morgan fingerprint density at radius 3 is 2.12 bits per heavy atom. The molecule has 1 aliphatic carbocycles. The van der Waals surface area contributed by atoms with Crippen LogP contribution < -0.4 is 10.6 Å². The van der Waals surface area contributed by atoms with Crippen molar-refractivity contribution in [1.82, 2.24) is 0 Å². The van der Waals surface area contributed by atoms with Crippen LogP contribution in [-0.2, 0) is 9.59 Å². The van der Waals surface area contributed by atoms with Crippen molar-refractivity contribution in [2.24, 2.45) is 5.41 Å². The maximum atomic E-state index is 13.2. The SMILES string of the molecule is N#Cc1ccc(NC(=O)C2(C(=O)Nc3ccc(F)c(Cl)c3)CC2)cc1. The smallest absolute Gasteiger partial charge is 0.240 e. The number of carbonyl (C=O) groups excluding carboxylic acids is 2. The van der Waals surface area contributed by atoms with Gasteiger partial charge >= 0.3 is 0 Å². The lowest BCUT2D eigenvalue weighted by Gasteiger charge is -2.15. The van der Waals surface area contributed by atoms with Crippen molar-refractivity contribution >= 4 is 34.8 Å². The van der Waals surface area contributed by atoms with Gasteiger partial charge in [0, 0.05) is 11.4 Å². The van der Waals surface area contributed by atoms with E-state index in [9.17, 15) is 14.0 Å². The molecule has 0 unspecified atom stereocenters. The number of nitrogens with one attached hydrogen (secondary N) is 2. The van der Waals surface area contributed by atoms with Crippen LogP contribution >= 0.6 is 11.6 Å². The Morgan fingerprint density at radius 2 is 1.60 bits per heavy atom. The van der Waals surface area contributed by atoms with Crippen molar-refractivity contribution in [1.29, 1.82) is 5.26 Å². The van der Waals surface area contributed by atoms with Crippen LogP contribution in [0.4, 0.5) is 15.8 Å². The topological polar surface area (TPSA) is 82.0 Å². The maximum absolute atomic E-state index is 13.2. The molecule has 2 aromatic carbocycles. The Kier molecular flexibility index (Phi) is 4.43. The van der Waals surface area contributed by atoms with Crippen LogP contribution in [0.5, 0.6) is 0 Å². The highest BCUT2D eigenvalue weighted by atomic mass is 35.5. The molecular formula is C18H13ClFN3O2. The third-order valence-corrected chi connectivity index (χ3v) is 4.36. The summed E-state index contributed by atoms with van der Waals surface area (Å²) in [6.07, 6.45) is 0.853. The zero-order valence-electron chi connectivity index (χ0n) is 13.0. The highest BCUT2D eigenvalue weighted by molar-refractivity contribution is 6.31. The lowest BCUT2D eigenvalue weighted by Crippen LogP contribution is -2.35. The number of benzene rings is 2. The lowest BCUT2D eigenvalue weighted by atomic mass is 10.0. The minimum absolute atomic E-state index is 0.107. The molecule has 0 aliphatic heterocycles. The van der Waals surface area contributed by atoms with Gasteiger partial charge in [-0.25, -0.2) is 4.39 Å². The van der Waals surface area contributed by atoms with Gasteiger partial charge in [0.05, 0.1) is 16.7 Å². The number of nitriles is 1. The summed E-state index contributed by atoms with van der Waals surface area (Å²) in [7, 11) is 0. The summed E-state index contributed by atoms with van der Waals surface area (Å²) in [6.45, 7) is 0. The van der Waals surface area contributed by atoms with Crippen LogP contribution in [-0.4, -0.2) is 11.8 Å². The predicted molar refractivity (Wildman–Crippen MR) is 91.5 cm³/mol. The zero-order valence-corrected chi connectivity index (χ0v) is 13.7. The van der Waals surface area contributed by atoms with Crippen molar-refractivity contribution in [2.75, 3.05) is 10.6 Å². The summed E-state index contributed by atoms with van der Waals surface area (Å²) in [5, 5.41) is 14.0. The molecule has 5 nitrogen and oxygen atoms in total. The standard InChI is InChI=1S/C18H13ClFN3O2/c19-14-9-13(5-6-15(14)20)23-17(25)18(7-8-18)16(24)22-12-3-1-11(10-21)2-4-12/h1-6,9H,7-8H2,(H,22,24)(H,23,25). The number of carbonyl (C=O) groups is 2. The predicted octanol–water partition coefficient (Wildman–Crippen LogP) is 3.71. The molecule has 0 spiro atoms. The normalized spacial score (nSPS) is 14.3. The van der Waals surface area contributed by atoms with Gasteiger partial charge in [-0.2, -0.15) is 5.26 Å². The van der Waals surface area contributed by atoms with Crippen molar-refractivity contribution in [3.8, 4) is 6.07 Å². The molecule has 25 heavy (non-hydrogen) atoms. The Labute approximate surface area is 148 Å². The van der Waals surface area contributed by atoms with E-state index in [2.05, 4.69) is 10.6 Å². The molecule has 2 N–H and O–H groups in total. The monoisotopic (exact) mass is 357 g/mol. The summed E-state index contributed by atoms with van der Waals surface area (Å²) in [6, 6.07) is 12.2. The van der Waals surface area contributed by atoms with Crippen molar-refractivity contribution < 1.29 is 14.0 Å². The third kappa shape index (κ3) is 3.47. The Hall–Kier alpha value is -2.91. The van der Waals surface area contributed by atoms with E-state index in [0.717, 1.165) is 6.07 Å². The number of amides is 2. The van der Waals surface area contributed by atoms with Gasteiger partial charge in [0.15, 0.2) is 0 Å². The van der Waals surface area contributed by atoms with Crippen molar-refractivity contribution in [3.05, 3.63) is 58.9 Å². The summed E-state index contributed by atoms with van der Waals surface area (Å²) in [5.41, 5.74) is 0.168.